The molecule has 0 unspecified atom stereocenters. The van der Waals surface area contributed by atoms with Gasteiger partial charge in [-0.1, -0.05) is 25.4 Å². The Balaban J connectivity index is 2.01. The third-order valence-electron chi connectivity index (χ3n) is 5.83. The lowest BCUT2D eigenvalue weighted by atomic mass is 9.96. The van der Waals surface area contributed by atoms with Crippen LogP contribution in [0.15, 0.2) is 48.3 Å². The highest BCUT2D eigenvalue weighted by atomic mass is 35.5. The van der Waals surface area contributed by atoms with Crippen molar-refractivity contribution in [1.29, 1.82) is 0 Å². The van der Waals surface area contributed by atoms with Gasteiger partial charge in [0.25, 0.3) is 11.7 Å². The molecule has 2 heterocycles. The first-order valence-electron chi connectivity index (χ1n) is 11.3. The lowest BCUT2D eigenvalue weighted by Crippen LogP contribution is -2.33. The van der Waals surface area contributed by atoms with E-state index in [1.54, 1.807) is 47.6 Å². The molecular weight excluding hydrogens is 442 g/mol. The van der Waals surface area contributed by atoms with Gasteiger partial charge in [0, 0.05) is 24.5 Å². The molecule has 176 valence electrons. The Bertz CT molecular complexity index is 1020. The maximum absolute atomic E-state index is 13.1. The average molecular weight is 472 g/mol. The summed E-state index contributed by atoms with van der Waals surface area (Å²) in [6.45, 7) is 9.53. The van der Waals surface area contributed by atoms with Crippen molar-refractivity contribution in [3.05, 3.63) is 64.4 Å². The fourth-order valence-electron chi connectivity index (χ4n) is 4.08. The van der Waals surface area contributed by atoms with Gasteiger partial charge < -0.3 is 19.6 Å². The summed E-state index contributed by atoms with van der Waals surface area (Å²) >= 11 is 6.30. The third kappa shape index (κ3) is 5.37. The maximum atomic E-state index is 13.1. The van der Waals surface area contributed by atoms with Crippen LogP contribution in [0, 0.1) is 0 Å². The molecule has 1 amide bonds. The van der Waals surface area contributed by atoms with Gasteiger partial charge in [0.15, 0.2) is 0 Å². The Morgan fingerprint density at radius 2 is 1.85 bits per heavy atom. The van der Waals surface area contributed by atoms with Gasteiger partial charge in [0.2, 0.25) is 0 Å². The lowest BCUT2D eigenvalue weighted by molar-refractivity contribution is -0.140. The molecule has 1 aromatic heterocycles. The number of benzene rings is 1. The normalized spacial score (nSPS) is 17.7. The van der Waals surface area contributed by atoms with Crippen LogP contribution in [0.5, 0.6) is 5.75 Å². The Labute approximate surface area is 199 Å². The molecule has 0 aliphatic carbocycles. The molecule has 0 saturated carbocycles. The molecule has 1 saturated heterocycles. The van der Waals surface area contributed by atoms with E-state index in [2.05, 4.69) is 23.7 Å². The van der Waals surface area contributed by atoms with Crippen molar-refractivity contribution < 1.29 is 19.4 Å². The summed E-state index contributed by atoms with van der Waals surface area (Å²) in [4.78, 5) is 34.0. The smallest absolute Gasteiger partial charge is 0.295 e. The van der Waals surface area contributed by atoms with E-state index < -0.39 is 17.7 Å². The quantitative estimate of drug-likeness (QED) is 0.316. The largest absolute Gasteiger partial charge is 0.507 e. The number of aromatic nitrogens is 1. The van der Waals surface area contributed by atoms with Gasteiger partial charge in [-0.3, -0.25) is 14.6 Å². The second kappa shape index (κ2) is 11.3. The number of ether oxygens (including phenoxy) is 1. The van der Waals surface area contributed by atoms with Crippen molar-refractivity contribution >= 4 is 29.1 Å². The van der Waals surface area contributed by atoms with Gasteiger partial charge in [0.1, 0.15) is 11.5 Å². The molecule has 0 bridgehead atoms. The van der Waals surface area contributed by atoms with Crippen LogP contribution in [0.25, 0.3) is 5.76 Å². The van der Waals surface area contributed by atoms with E-state index in [0.29, 0.717) is 41.5 Å². The van der Waals surface area contributed by atoms with Gasteiger partial charge in [0.05, 0.1) is 23.2 Å². The number of hydrogen-bond donors (Lipinski definition) is 1. The molecule has 0 spiro atoms. The minimum Gasteiger partial charge on any atom is -0.507 e. The number of aliphatic hydroxyl groups excluding tert-OH is 1. The molecular formula is C25H30ClN3O4. The minimum absolute atomic E-state index is 0.0502. The molecule has 1 fully saturated rings. The molecule has 1 aromatic carbocycles. The predicted octanol–water partition coefficient (Wildman–Crippen LogP) is 4.29. The van der Waals surface area contributed by atoms with Crippen molar-refractivity contribution in [1.82, 2.24) is 14.8 Å². The molecule has 33 heavy (non-hydrogen) atoms. The van der Waals surface area contributed by atoms with E-state index in [-0.39, 0.29) is 11.3 Å². The number of hydrogen-bond acceptors (Lipinski definition) is 6. The van der Waals surface area contributed by atoms with Gasteiger partial charge in [-0.15, -0.1) is 0 Å². The average Bonchev–Trinajstić information content (AvgIpc) is 3.08. The second-order valence-electron chi connectivity index (χ2n) is 7.73. The van der Waals surface area contributed by atoms with Crippen molar-refractivity contribution in [3.63, 3.8) is 0 Å². The van der Waals surface area contributed by atoms with E-state index in [1.807, 2.05) is 6.92 Å². The number of halogens is 1. The summed E-state index contributed by atoms with van der Waals surface area (Å²) in [5.74, 6) is -1.10. The minimum atomic E-state index is -0.706. The van der Waals surface area contributed by atoms with E-state index in [1.165, 1.54) is 0 Å². The van der Waals surface area contributed by atoms with E-state index >= 15 is 0 Å². The number of carbonyl (C=O) groups excluding carboxylic acids is 2. The van der Waals surface area contributed by atoms with Crippen LogP contribution in [0.3, 0.4) is 0 Å². The summed E-state index contributed by atoms with van der Waals surface area (Å²) in [6.07, 6.45) is 3.93. The summed E-state index contributed by atoms with van der Waals surface area (Å²) in [5.41, 5.74) is 1.11. The number of likely N-dealkylation sites (tertiary alicyclic amines) is 1. The molecule has 7 nitrogen and oxygen atoms in total. The number of nitrogens with zero attached hydrogens (tertiary/aromatic N) is 3. The molecule has 1 N–H and O–H groups in total. The summed E-state index contributed by atoms with van der Waals surface area (Å²) in [6, 6.07) is 7.62. The van der Waals surface area contributed by atoms with Gasteiger partial charge in [-0.2, -0.15) is 0 Å². The zero-order valence-corrected chi connectivity index (χ0v) is 20.0. The van der Waals surface area contributed by atoms with E-state index in [0.717, 1.165) is 19.6 Å². The Morgan fingerprint density at radius 1 is 1.15 bits per heavy atom. The Kier molecular flexibility index (Phi) is 8.47. The molecule has 8 heteroatoms. The first kappa shape index (κ1) is 24.7. The summed E-state index contributed by atoms with van der Waals surface area (Å²) < 4.78 is 5.45. The van der Waals surface area contributed by atoms with Gasteiger partial charge >= 0.3 is 0 Å². The predicted molar refractivity (Wildman–Crippen MR) is 128 cm³/mol. The number of pyridine rings is 1. The van der Waals surface area contributed by atoms with Crippen LogP contribution < -0.4 is 4.74 Å². The number of rotatable bonds is 10. The van der Waals surface area contributed by atoms with E-state index in [9.17, 15) is 14.7 Å². The molecule has 2 aromatic rings. The second-order valence-corrected chi connectivity index (χ2v) is 8.14. The van der Waals surface area contributed by atoms with Crippen molar-refractivity contribution in [3.8, 4) is 5.75 Å². The standard InChI is InChI=1S/C25H30ClN3O4/c1-4-28(5-2)14-7-15-29-22(17-10-12-27-13-11-17)21(24(31)25(29)32)23(30)18-8-9-20(33-6-3)19(26)16-18/h8-13,16,22,30H,4-7,14-15H2,1-3H3/b23-21+/t22-/m0/s1. The van der Waals surface area contributed by atoms with Crippen LogP contribution in [0.4, 0.5) is 0 Å². The van der Waals surface area contributed by atoms with Crippen LogP contribution in [-0.4, -0.2) is 64.4 Å². The van der Waals surface area contributed by atoms with Crippen molar-refractivity contribution in [2.24, 2.45) is 0 Å². The van der Waals surface area contributed by atoms with Crippen LogP contribution in [0.2, 0.25) is 5.02 Å². The zero-order valence-electron chi connectivity index (χ0n) is 19.3. The van der Waals surface area contributed by atoms with Gasteiger partial charge in [-0.25, -0.2) is 0 Å². The first-order chi connectivity index (χ1) is 15.9. The molecule has 1 aliphatic heterocycles. The molecule has 1 aliphatic rings. The lowest BCUT2D eigenvalue weighted by Gasteiger charge is -2.26. The van der Waals surface area contributed by atoms with Crippen LogP contribution in [-0.2, 0) is 9.59 Å². The number of Topliss-reactive ketones (excluding diaryl/α,β-unsaturated/α-hetero) is 1. The monoisotopic (exact) mass is 471 g/mol. The van der Waals surface area contributed by atoms with Crippen LogP contribution in [0.1, 0.15) is 44.4 Å². The topological polar surface area (TPSA) is 83.0 Å². The first-order valence-corrected chi connectivity index (χ1v) is 11.6. The zero-order chi connectivity index (χ0) is 24.0. The fourth-order valence-corrected chi connectivity index (χ4v) is 4.32. The highest BCUT2D eigenvalue weighted by molar-refractivity contribution is 6.46. The van der Waals surface area contributed by atoms with Crippen LogP contribution >= 0.6 is 11.6 Å². The van der Waals surface area contributed by atoms with Gasteiger partial charge in [-0.05, 0) is 68.9 Å². The van der Waals surface area contributed by atoms with Crippen molar-refractivity contribution in [2.45, 2.75) is 33.2 Å². The molecule has 0 radical (unpaired) electrons. The van der Waals surface area contributed by atoms with Crippen molar-refractivity contribution in [2.75, 3.05) is 32.8 Å². The SMILES string of the molecule is CCOc1ccc(/C(O)=C2\C(=O)C(=O)N(CCCN(CC)CC)[C@H]2c2ccncc2)cc1Cl. The third-order valence-corrected chi connectivity index (χ3v) is 6.13. The Morgan fingerprint density at radius 3 is 2.45 bits per heavy atom. The fraction of sp³-hybridized carbons (Fsp3) is 0.400. The van der Waals surface area contributed by atoms with E-state index in [4.69, 9.17) is 16.3 Å². The number of carbonyl (C=O) groups is 2. The summed E-state index contributed by atoms with van der Waals surface area (Å²) in [5, 5.41) is 11.5. The highest BCUT2D eigenvalue weighted by Crippen LogP contribution is 2.40. The molecule has 3 rings (SSSR count). The number of aliphatic hydroxyl groups is 1. The maximum Gasteiger partial charge on any atom is 0.295 e. The summed E-state index contributed by atoms with van der Waals surface area (Å²) in [7, 11) is 0. The number of amides is 1. The number of ketones is 1. The molecule has 1 atom stereocenters. The Hall–Kier alpha value is -2.90. The highest BCUT2D eigenvalue weighted by Gasteiger charge is 2.45.